The predicted octanol–water partition coefficient (Wildman–Crippen LogP) is 1.91. The van der Waals surface area contributed by atoms with Gasteiger partial charge in [0.1, 0.15) is 17.2 Å². The van der Waals surface area contributed by atoms with E-state index < -0.39 is 17.7 Å². The number of carbonyl (C=O) groups excluding carboxylic acids is 2. The molecular formula is C13H20N2O4. The number of esters is 1. The van der Waals surface area contributed by atoms with Crippen LogP contribution in [0, 0.1) is 11.3 Å². The summed E-state index contributed by atoms with van der Waals surface area (Å²) in [5.41, 5.74) is -0.0300. The van der Waals surface area contributed by atoms with Gasteiger partial charge >= 0.3 is 12.1 Å². The highest BCUT2D eigenvalue weighted by molar-refractivity contribution is 5.93. The molecule has 6 heteroatoms. The molecule has 106 valence electrons. The Morgan fingerprint density at radius 3 is 2.32 bits per heavy atom. The summed E-state index contributed by atoms with van der Waals surface area (Å²) in [7, 11) is 1.21. The normalized spacial score (nSPS) is 12.0. The molecule has 0 heterocycles. The number of hydrogen-bond acceptors (Lipinski definition) is 5. The van der Waals surface area contributed by atoms with Crippen LogP contribution in [0.15, 0.2) is 11.1 Å². The Hall–Kier alpha value is -2.03. The van der Waals surface area contributed by atoms with Crippen LogP contribution in [0.2, 0.25) is 0 Å². The van der Waals surface area contributed by atoms with Crippen molar-refractivity contribution in [3.05, 3.63) is 11.1 Å². The first-order valence-corrected chi connectivity index (χ1v) is 5.86. The predicted molar refractivity (Wildman–Crippen MR) is 69.2 cm³/mol. The van der Waals surface area contributed by atoms with Crippen molar-refractivity contribution in [1.82, 2.24) is 5.32 Å². The van der Waals surface area contributed by atoms with Gasteiger partial charge in [0.2, 0.25) is 0 Å². The van der Waals surface area contributed by atoms with Gasteiger partial charge < -0.3 is 14.8 Å². The van der Waals surface area contributed by atoms with Crippen LogP contribution in [0.4, 0.5) is 4.79 Å². The van der Waals surface area contributed by atoms with Crippen LogP contribution >= 0.6 is 0 Å². The fourth-order valence-corrected chi connectivity index (χ4v) is 1.21. The Morgan fingerprint density at radius 2 is 1.89 bits per heavy atom. The first kappa shape index (κ1) is 17.0. The second-order valence-corrected chi connectivity index (χ2v) is 4.94. The Bertz CT molecular complexity index is 413. The van der Waals surface area contributed by atoms with Crippen LogP contribution in [0.5, 0.6) is 0 Å². The molecule has 0 aromatic heterocycles. The zero-order valence-electron chi connectivity index (χ0n) is 12.0. The van der Waals surface area contributed by atoms with Crippen molar-refractivity contribution in [2.75, 3.05) is 13.7 Å². The van der Waals surface area contributed by atoms with E-state index in [9.17, 15) is 9.59 Å². The van der Waals surface area contributed by atoms with Gasteiger partial charge in [-0.05, 0) is 39.7 Å². The third kappa shape index (κ3) is 7.09. The molecule has 1 amide bonds. The molecule has 0 aliphatic carbocycles. The molecule has 6 nitrogen and oxygen atoms in total. The molecule has 0 saturated heterocycles. The van der Waals surface area contributed by atoms with Crippen molar-refractivity contribution in [1.29, 1.82) is 5.26 Å². The molecule has 0 bridgehead atoms. The monoisotopic (exact) mass is 268 g/mol. The molecule has 0 fully saturated rings. The van der Waals surface area contributed by atoms with Crippen molar-refractivity contribution in [3.8, 4) is 6.07 Å². The minimum absolute atomic E-state index is 0.0338. The molecule has 0 unspecified atom stereocenters. The highest BCUT2D eigenvalue weighted by Gasteiger charge is 2.16. The molecule has 19 heavy (non-hydrogen) atoms. The summed E-state index contributed by atoms with van der Waals surface area (Å²) < 4.78 is 9.54. The van der Waals surface area contributed by atoms with E-state index >= 15 is 0 Å². The van der Waals surface area contributed by atoms with E-state index in [-0.39, 0.29) is 12.1 Å². The number of hydrogen-bond donors (Lipinski definition) is 1. The SMILES string of the molecule is COC(=O)/C(C#N)=C(\C)CCNC(=O)OC(C)(C)C. The third-order valence-electron chi connectivity index (χ3n) is 2.10. The summed E-state index contributed by atoms with van der Waals surface area (Å²) in [6.07, 6.45) is -0.158. The van der Waals surface area contributed by atoms with Crippen molar-refractivity contribution in [2.45, 2.75) is 39.7 Å². The van der Waals surface area contributed by atoms with Crippen LogP contribution in [0.1, 0.15) is 34.1 Å². The van der Waals surface area contributed by atoms with Crippen LogP contribution in [-0.2, 0) is 14.3 Å². The lowest BCUT2D eigenvalue weighted by molar-refractivity contribution is -0.135. The zero-order valence-corrected chi connectivity index (χ0v) is 12.0. The number of carbonyl (C=O) groups is 2. The molecule has 0 atom stereocenters. The highest BCUT2D eigenvalue weighted by Crippen LogP contribution is 2.09. The second kappa shape index (κ2) is 7.41. The van der Waals surface area contributed by atoms with Gasteiger partial charge in [0.05, 0.1) is 7.11 Å². The first-order chi connectivity index (χ1) is 8.71. The topological polar surface area (TPSA) is 88.4 Å². The van der Waals surface area contributed by atoms with E-state index in [0.717, 1.165) is 0 Å². The molecule has 0 spiro atoms. The summed E-state index contributed by atoms with van der Waals surface area (Å²) in [6.45, 7) is 7.23. The fraction of sp³-hybridized carbons (Fsp3) is 0.615. The van der Waals surface area contributed by atoms with E-state index in [0.29, 0.717) is 12.0 Å². The molecule has 0 rings (SSSR count). The van der Waals surface area contributed by atoms with Gasteiger partial charge in [-0.2, -0.15) is 5.26 Å². The second-order valence-electron chi connectivity index (χ2n) is 4.94. The van der Waals surface area contributed by atoms with Crippen molar-refractivity contribution < 1.29 is 19.1 Å². The van der Waals surface area contributed by atoms with Crippen LogP contribution in [-0.4, -0.2) is 31.3 Å². The number of ether oxygens (including phenoxy) is 2. The third-order valence-corrected chi connectivity index (χ3v) is 2.10. The minimum Gasteiger partial charge on any atom is -0.465 e. The van der Waals surface area contributed by atoms with Gasteiger partial charge in [-0.25, -0.2) is 9.59 Å². The van der Waals surface area contributed by atoms with Gasteiger partial charge in [-0.1, -0.05) is 0 Å². The number of alkyl carbamates (subject to hydrolysis) is 1. The lowest BCUT2D eigenvalue weighted by Crippen LogP contribution is -2.33. The van der Waals surface area contributed by atoms with Gasteiger partial charge in [0.25, 0.3) is 0 Å². The van der Waals surface area contributed by atoms with E-state index in [2.05, 4.69) is 10.1 Å². The molecule has 1 N–H and O–H groups in total. The van der Waals surface area contributed by atoms with Crippen molar-refractivity contribution in [3.63, 3.8) is 0 Å². The Kier molecular flexibility index (Phi) is 6.62. The molecule has 0 radical (unpaired) electrons. The standard InChI is InChI=1S/C13H20N2O4/c1-9(10(8-14)11(16)18-5)6-7-15-12(17)19-13(2,3)4/h6-7H2,1-5H3,(H,15,17)/b10-9+. The van der Waals surface area contributed by atoms with Crippen LogP contribution in [0.25, 0.3) is 0 Å². The lowest BCUT2D eigenvalue weighted by Gasteiger charge is -2.19. The summed E-state index contributed by atoms with van der Waals surface area (Å²) in [5.74, 6) is -0.669. The van der Waals surface area contributed by atoms with Crippen molar-refractivity contribution in [2.24, 2.45) is 0 Å². The van der Waals surface area contributed by atoms with Gasteiger partial charge in [0, 0.05) is 6.54 Å². The van der Waals surface area contributed by atoms with Gasteiger partial charge in [-0.3, -0.25) is 0 Å². The number of methoxy groups -OCH3 is 1. The Labute approximate surface area is 113 Å². The smallest absolute Gasteiger partial charge is 0.407 e. The average molecular weight is 268 g/mol. The summed E-state index contributed by atoms with van der Waals surface area (Å²) in [6, 6.07) is 1.79. The summed E-state index contributed by atoms with van der Waals surface area (Å²) in [4.78, 5) is 22.6. The number of nitrogens with one attached hydrogen (secondary N) is 1. The van der Waals surface area contributed by atoms with Crippen LogP contribution < -0.4 is 5.32 Å². The molecule has 0 aliphatic heterocycles. The zero-order chi connectivity index (χ0) is 15.1. The maximum Gasteiger partial charge on any atom is 0.407 e. The Balaban J connectivity index is 4.35. The summed E-state index contributed by atoms with van der Waals surface area (Å²) >= 11 is 0. The lowest BCUT2D eigenvalue weighted by atomic mass is 10.1. The molecule has 0 saturated carbocycles. The van der Waals surface area contributed by atoms with E-state index in [1.54, 1.807) is 33.8 Å². The number of rotatable bonds is 4. The van der Waals surface area contributed by atoms with E-state index in [1.165, 1.54) is 7.11 Å². The Morgan fingerprint density at radius 1 is 1.32 bits per heavy atom. The minimum atomic E-state index is -0.669. The number of nitriles is 1. The molecule has 0 aliphatic rings. The molecular weight excluding hydrogens is 248 g/mol. The largest absolute Gasteiger partial charge is 0.465 e. The van der Waals surface area contributed by atoms with Gasteiger partial charge in [0.15, 0.2) is 0 Å². The molecule has 0 aromatic carbocycles. The first-order valence-electron chi connectivity index (χ1n) is 5.86. The van der Waals surface area contributed by atoms with E-state index in [4.69, 9.17) is 10.00 Å². The number of nitrogens with zero attached hydrogens (tertiary/aromatic N) is 1. The van der Waals surface area contributed by atoms with Crippen LogP contribution in [0.3, 0.4) is 0 Å². The van der Waals surface area contributed by atoms with Gasteiger partial charge in [-0.15, -0.1) is 0 Å². The summed E-state index contributed by atoms with van der Waals surface area (Å²) in [5, 5.41) is 11.4. The van der Waals surface area contributed by atoms with E-state index in [1.807, 2.05) is 0 Å². The van der Waals surface area contributed by atoms with Crippen molar-refractivity contribution >= 4 is 12.1 Å². The quantitative estimate of drug-likeness (QED) is 0.478. The fourth-order valence-electron chi connectivity index (χ4n) is 1.21. The highest BCUT2D eigenvalue weighted by atomic mass is 16.6. The maximum atomic E-state index is 11.4. The maximum absolute atomic E-state index is 11.4. The average Bonchev–Trinajstić information content (AvgIpc) is 2.27. The number of amides is 1. The molecule has 0 aromatic rings.